The molecule has 2 bridgehead atoms. The first-order chi connectivity index (χ1) is 16.1. The third kappa shape index (κ3) is 7.40. The third-order valence-electron chi connectivity index (χ3n) is 5.91. The Morgan fingerprint density at radius 2 is 1.53 bits per heavy atom. The summed E-state index contributed by atoms with van der Waals surface area (Å²) in [7, 11) is -3.19. The van der Waals surface area contributed by atoms with Crippen LogP contribution in [0.2, 0.25) is 0 Å². The Kier molecular flexibility index (Phi) is 11.2. The van der Waals surface area contributed by atoms with Crippen molar-refractivity contribution < 1.29 is 58.0 Å². The molecule has 3 rings (SSSR count). The van der Waals surface area contributed by atoms with Crippen molar-refractivity contribution in [2.45, 2.75) is 67.8 Å². The van der Waals surface area contributed by atoms with E-state index in [1.54, 1.807) is 0 Å². The van der Waals surface area contributed by atoms with Crippen molar-refractivity contribution >= 4 is 33.4 Å². The molecule has 0 aromatic rings. The second-order valence-corrected chi connectivity index (χ2v) is 13.1. The lowest BCUT2D eigenvalue weighted by atomic mass is 9.96. The fraction of sp³-hybridized carbons (Fsp3) is 1.00. The van der Waals surface area contributed by atoms with Crippen LogP contribution in [0.4, 0.5) is 0 Å². The number of rotatable bonds is 13. The molecule has 0 amide bonds. The van der Waals surface area contributed by atoms with Crippen molar-refractivity contribution in [3.63, 3.8) is 0 Å². The monoisotopic (exact) mass is 550 g/mol. The Morgan fingerprint density at radius 1 is 0.853 bits per heavy atom. The first-order valence-corrected chi connectivity index (χ1v) is 15.2. The summed E-state index contributed by atoms with van der Waals surface area (Å²) in [6.45, 7) is 0.0856. The minimum atomic E-state index is -3.19. The zero-order valence-electron chi connectivity index (χ0n) is 18.5. The van der Waals surface area contributed by atoms with Gasteiger partial charge in [-0.1, -0.05) is 0 Å². The van der Waals surface area contributed by atoms with Crippen LogP contribution >= 0.6 is 23.5 Å². The van der Waals surface area contributed by atoms with Gasteiger partial charge >= 0.3 is 0 Å². The first-order valence-electron chi connectivity index (χ1n) is 11.1. The summed E-state index contributed by atoms with van der Waals surface area (Å²) in [5.41, 5.74) is 0. The molecule has 0 radical (unpaired) electrons. The molecule has 0 unspecified atom stereocenters. The summed E-state index contributed by atoms with van der Waals surface area (Å²) in [6, 6.07) is 0. The van der Waals surface area contributed by atoms with Crippen LogP contribution in [0.5, 0.6) is 0 Å². The molecule has 3 saturated heterocycles. The van der Waals surface area contributed by atoms with E-state index in [1.807, 2.05) is 0 Å². The lowest BCUT2D eigenvalue weighted by Crippen LogP contribution is -2.61. The van der Waals surface area contributed by atoms with Crippen molar-refractivity contribution in [2.24, 2.45) is 0 Å². The summed E-state index contributed by atoms with van der Waals surface area (Å²) in [5, 5.41) is 59.4. The zero-order valence-corrected chi connectivity index (χ0v) is 20.9. The molecule has 10 atom stereocenters. The van der Waals surface area contributed by atoms with Crippen LogP contribution < -0.4 is 0 Å². The highest BCUT2D eigenvalue weighted by Crippen LogP contribution is 2.34. The molecule has 3 aliphatic rings. The van der Waals surface area contributed by atoms with Crippen LogP contribution in [0.1, 0.15) is 6.42 Å². The number of thioether (sulfide) groups is 2. The molecule has 3 aliphatic heterocycles. The average molecular weight is 551 g/mol. The van der Waals surface area contributed by atoms with E-state index in [4.69, 9.17) is 24.1 Å². The summed E-state index contributed by atoms with van der Waals surface area (Å²) >= 11 is 2.75. The van der Waals surface area contributed by atoms with Gasteiger partial charge in [0.15, 0.2) is 22.4 Å². The molecule has 15 heteroatoms. The molecule has 0 saturated carbocycles. The Labute approximate surface area is 206 Å². The Bertz CT molecular complexity index is 727. The first kappa shape index (κ1) is 28.8. The summed E-state index contributed by atoms with van der Waals surface area (Å²) in [6.07, 6.45) is -11.6. The fourth-order valence-corrected chi connectivity index (χ4v) is 8.08. The fourth-order valence-electron chi connectivity index (χ4n) is 3.97. The SMILES string of the molecule is O=S(=O)(CCSCCO)CCSCC[C@@H]1O[C@H](O[C@H]2[C@H]3OC[C@@H]2O[C@@H](O)[C@H]3O)[C@@H](O)[C@H](O)[C@@H]1O. The largest absolute Gasteiger partial charge is 0.396 e. The minimum absolute atomic E-state index is 0.0111. The standard InChI is InChI=1S/C19H34O12S3/c20-2-4-33-6-8-34(26,27)7-5-32-3-1-10-12(21)13(22)14(23)19(30-10)31-16-11-9-28-17(16)15(24)18(25)29-11/h10-25H,1-9H2/t10-,11-,12+,13+,14-,15-,16+,17-,18+,19+/m0/s1. The molecule has 0 aromatic heterocycles. The van der Waals surface area contributed by atoms with E-state index in [0.29, 0.717) is 23.0 Å². The highest BCUT2D eigenvalue weighted by atomic mass is 32.2. The molecule has 200 valence electrons. The third-order valence-corrected chi connectivity index (χ3v) is 10.1. The van der Waals surface area contributed by atoms with Crippen molar-refractivity contribution in [3.05, 3.63) is 0 Å². The molecular formula is C19H34O12S3. The maximum absolute atomic E-state index is 12.0. The van der Waals surface area contributed by atoms with E-state index in [9.17, 15) is 34.0 Å². The molecule has 0 aliphatic carbocycles. The smallest absolute Gasteiger partial charge is 0.187 e. The van der Waals surface area contributed by atoms with Gasteiger partial charge in [-0.05, 0) is 12.2 Å². The van der Waals surface area contributed by atoms with Crippen LogP contribution in [-0.2, 0) is 28.8 Å². The molecular weight excluding hydrogens is 516 g/mol. The van der Waals surface area contributed by atoms with Gasteiger partial charge in [0.1, 0.15) is 42.7 Å². The number of fused-ring (bicyclic) bond motifs is 2. The van der Waals surface area contributed by atoms with E-state index in [-0.39, 0.29) is 31.1 Å². The van der Waals surface area contributed by atoms with Gasteiger partial charge in [0, 0.05) is 17.3 Å². The summed E-state index contributed by atoms with van der Waals surface area (Å²) in [4.78, 5) is 0. The Morgan fingerprint density at radius 3 is 2.21 bits per heavy atom. The number of aliphatic hydroxyl groups excluding tert-OH is 6. The molecule has 12 nitrogen and oxygen atoms in total. The van der Waals surface area contributed by atoms with Crippen LogP contribution in [0.25, 0.3) is 0 Å². The van der Waals surface area contributed by atoms with Crippen molar-refractivity contribution in [3.8, 4) is 0 Å². The normalized spacial score (nSPS) is 40.5. The zero-order chi connectivity index (χ0) is 24.9. The predicted octanol–water partition coefficient (Wildman–Crippen LogP) is -3.08. The maximum Gasteiger partial charge on any atom is 0.187 e. The predicted molar refractivity (Wildman–Crippen MR) is 123 cm³/mol. The van der Waals surface area contributed by atoms with E-state index < -0.39 is 71.2 Å². The van der Waals surface area contributed by atoms with E-state index in [2.05, 4.69) is 0 Å². The maximum atomic E-state index is 12.0. The van der Waals surface area contributed by atoms with Crippen molar-refractivity contribution in [2.75, 3.05) is 47.7 Å². The minimum Gasteiger partial charge on any atom is -0.396 e. The topological polar surface area (TPSA) is 192 Å². The number of hydrogen-bond acceptors (Lipinski definition) is 14. The van der Waals surface area contributed by atoms with Gasteiger partial charge in [-0.2, -0.15) is 23.5 Å². The van der Waals surface area contributed by atoms with Crippen LogP contribution in [0.15, 0.2) is 0 Å². The summed E-state index contributed by atoms with van der Waals surface area (Å²) in [5.74, 6) is 1.81. The summed E-state index contributed by atoms with van der Waals surface area (Å²) < 4.78 is 46.2. The van der Waals surface area contributed by atoms with Crippen molar-refractivity contribution in [1.29, 1.82) is 0 Å². The number of aliphatic hydroxyl groups is 6. The van der Waals surface area contributed by atoms with Gasteiger partial charge in [0.2, 0.25) is 0 Å². The van der Waals surface area contributed by atoms with Gasteiger partial charge in [-0.3, -0.25) is 0 Å². The molecule has 34 heavy (non-hydrogen) atoms. The second-order valence-electron chi connectivity index (χ2n) is 8.36. The molecule has 0 spiro atoms. The average Bonchev–Trinajstić information content (AvgIpc) is 3.11. The molecule has 3 fully saturated rings. The van der Waals surface area contributed by atoms with E-state index in [0.717, 1.165) is 0 Å². The van der Waals surface area contributed by atoms with Gasteiger partial charge in [-0.25, -0.2) is 8.42 Å². The van der Waals surface area contributed by atoms with E-state index in [1.165, 1.54) is 23.5 Å². The van der Waals surface area contributed by atoms with Gasteiger partial charge in [-0.15, -0.1) is 0 Å². The highest BCUT2D eigenvalue weighted by Gasteiger charge is 2.54. The van der Waals surface area contributed by atoms with Gasteiger partial charge in [0.05, 0.1) is 30.8 Å². The van der Waals surface area contributed by atoms with Crippen LogP contribution in [0, 0.1) is 0 Å². The van der Waals surface area contributed by atoms with Crippen molar-refractivity contribution in [1.82, 2.24) is 0 Å². The highest BCUT2D eigenvalue weighted by molar-refractivity contribution is 8.01. The lowest BCUT2D eigenvalue weighted by molar-refractivity contribution is -0.334. The quantitative estimate of drug-likeness (QED) is 0.126. The number of sulfone groups is 1. The lowest BCUT2D eigenvalue weighted by Gasteiger charge is -2.43. The molecule has 0 aromatic carbocycles. The van der Waals surface area contributed by atoms with Gasteiger partial charge < -0.3 is 49.6 Å². The second kappa shape index (κ2) is 13.2. The van der Waals surface area contributed by atoms with Gasteiger partial charge in [0.25, 0.3) is 0 Å². The molecule has 6 N–H and O–H groups in total. The van der Waals surface area contributed by atoms with Crippen LogP contribution in [0.3, 0.4) is 0 Å². The molecule has 3 heterocycles. The Hall–Kier alpha value is 0.250. The number of ether oxygens (including phenoxy) is 4. The Balaban J connectivity index is 1.44. The van der Waals surface area contributed by atoms with E-state index >= 15 is 0 Å². The number of hydrogen-bond donors (Lipinski definition) is 6. The van der Waals surface area contributed by atoms with Crippen LogP contribution in [-0.4, -0.2) is 148 Å².